The molecule has 1 aromatic heterocycles. The molecular formula is C13H21N3O2. The normalized spacial score (nSPS) is 37.0. The fourth-order valence-electron chi connectivity index (χ4n) is 3.04. The molecule has 0 spiro atoms. The van der Waals surface area contributed by atoms with Crippen LogP contribution in [-0.4, -0.2) is 29.4 Å². The van der Waals surface area contributed by atoms with Gasteiger partial charge in [0.05, 0.1) is 12.0 Å². The Kier molecular flexibility index (Phi) is 3.11. The lowest BCUT2D eigenvalue weighted by Crippen LogP contribution is -2.38. The first-order valence-corrected chi connectivity index (χ1v) is 6.87. The highest BCUT2D eigenvalue weighted by molar-refractivity contribution is 5.12. The van der Waals surface area contributed by atoms with Gasteiger partial charge in [0.1, 0.15) is 0 Å². The van der Waals surface area contributed by atoms with Gasteiger partial charge in [-0.25, -0.2) is 0 Å². The van der Waals surface area contributed by atoms with Crippen molar-refractivity contribution in [1.29, 1.82) is 0 Å². The SMILES string of the molecule is CC1(c2nc(C3CCCOC3)no2)CCCC1N. The molecule has 3 unspecified atom stereocenters. The predicted octanol–water partition coefficient (Wildman–Crippen LogP) is 1.73. The van der Waals surface area contributed by atoms with Gasteiger partial charge in [-0.3, -0.25) is 0 Å². The third-order valence-corrected chi connectivity index (χ3v) is 4.49. The maximum atomic E-state index is 6.18. The Labute approximate surface area is 107 Å². The smallest absolute Gasteiger partial charge is 0.234 e. The van der Waals surface area contributed by atoms with E-state index in [-0.39, 0.29) is 17.4 Å². The molecule has 18 heavy (non-hydrogen) atoms. The van der Waals surface area contributed by atoms with Crippen molar-refractivity contribution in [2.24, 2.45) is 5.73 Å². The van der Waals surface area contributed by atoms with Gasteiger partial charge >= 0.3 is 0 Å². The Morgan fingerprint density at radius 1 is 1.33 bits per heavy atom. The van der Waals surface area contributed by atoms with Crippen LogP contribution in [0.4, 0.5) is 0 Å². The van der Waals surface area contributed by atoms with Gasteiger partial charge in [-0.15, -0.1) is 0 Å². The lowest BCUT2D eigenvalue weighted by Gasteiger charge is -2.24. The van der Waals surface area contributed by atoms with E-state index in [0.29, 0.717) is 12.5 Å². The zero-order chi connectivity index (χ0) is 12.6. The second kappa shape index (κ2) is 4.63. The quantitative estimate of drug-likeness (QED) is 0.866. The molecule has 2 N–H and O–H groups in total. The van der Waals surface area contributed by atoms with Crippen molar-refractivity contribution in [2.45, 2.75) is 56.4 Å². The fourth-order valence-corrected chi connectivity index (χ4v) is 3.04. The first-order chi connectivity index (χ1) is 8.70. The number of ether oxygens (including phenoxy) is 1. The molecule has 100 valence electrons. The minimum Gasteiger partial charge on any atom is -0.381 e. The van der Waals surface area contributed by atoms with E-state index in [1.165, 1.54) is 0 Å². The van der Waals surface area contributed by atoms with E-state index in [2.05, 4.69) is 17.1 Å². The molecule has 0 radical (unpaired) electrons. The first kappa shape index (κ1) is 12.1. The molecule has 1 aliphatic carbocycles. The molecule has 0 aromatic carbocycles. The number of nitrogens with two attached hydrogens (primary N) is 1. The lowest BCUT2D eigenvalue weighted by atomic mass is 9.85. The van der Waals surface area contributed by atoms with Gasteiger partial charge in [-0.05, 0) is 32.6 Å². The van der Waals surface area contributed by atoms with Gasteiger partial charge in [-0.1, -0.05) is 11.6 Å². The van der Waals surface area contributed by atoms with Gasteiger partial charge in [0, 0.05) is 18.6 Å². The van der Waals surface area contributed by atoms with Gasteiger partial charge < -0.3 is 15.0 Å². The third-order valence-electron chi connectivity index (χ3n) is 4.49. The van der Waals surface area contributed by atoms with Crippen molar-refractivity contribution >= 4 is 0 Å². The molecule has 5 heteroatoms. The maximum absolute atomic E-state index is 6.18. The zero-order valence-electron chi connectivity index (χ0n) is 10.9. The monoisotopic (exact) mass is 251 g/mol. The van der Waals surface area contributed by atoms with Crippen LogP contribution in [0.1, 0.15) is 56.7 Å². The van der Waals surface area contributed by atoms with E-state index in [1.54, 1.807) is 0 Å². The highest BCUT2D eigenvalue weighted by Gasteiger charge is 2.43. The summed E-state index contributed by atoms with van der Waals surface area (Å²) in [5.41, 5.74) is 6.04. The number of nitrogens with zero attached hydrogens (tertiary/aromatic N) is 2. The summed E-state index contributed by atoms with van der Waals surface area (Å²) in [5.74, 6) is 1.80. The van der Waals surface area contributed by atoms with E-state index in [9.17, 15) is 0 Å². The van der Waals surface area contributed by atoms with Gasteiger partial charge in [-0.2, -0.15) is 4.98 Å². The number of hydrogen-bond donors (Lipinski definition) is 1. The molecule has 0 amide bonds. The summed E-state index contributed by atoms with van der Waals surface area (Å²) >= 11 is 0. The second-order valence-corrected chi connectivity index (χ2v) is 5.79. The molecule has 1 saturated carbocycles. The van der Waals surface area contributed by atoms with E-state index >= 15 is 0 Å². The molecule has 5 nitrogen and oxygen atoms in total. The summed E-state index contributed by atoms with van der Waals surface area (Å²) < 4.78 is 10.9. The molecule has 1 aromatic rings. The maximum Gasteiger partial charge on any atom is 0.234 e. The largest absolute Gasteiger partial charge is 0.381 e. The number of aromatic nitrogens is 2. The summed E-state index contributed by atoms with van der Waals surface area (Å²) in [4.78, 5) is 4.60. The number of rotatable bonds is 2. The summed E-state index contributed by atoms with van der Waals surface area (Å²) in [7, 11) is 0. The summed E-state index contributed by atoms with van der Waals surface area (Å²) in [5, 5.41) is 4.14. The van der Waals surface area contributed by atoms with E-state index in [1.807, 2.05) is 0 Å². The van der Waals surface area contributed by atoms with E-state index < -0.39 is 0 Å². The van der Waals surface area contributed by atoms with Crippen LogP contribution in [0.3, 0.4) is 0 Å². The minimum atomic E-state index is -0.138. The van der Waals surface area contributed by atoms with Crippen molar-refractivity contribution in [1.82, 2.24) is 10.1 Å². The van der Waals surface area contributed by atoms with Crippen LogP contribution in [0.15, 0.2) is 4.52 Å². The highest BCUT2D eigenvalue weighted by atomic mass is 16.5. The summed E-state index contributed by atoms with van der Waals surface area (Å²) in [6.07, 6.45) is 5.38. The van der Waals surface area contributed by atoms with Gasteiger partial charge in [0.15, 0.2) is 5.82 Å². The Bertz CT molecular complexity index is 414. The lowest BCUT2D eigenvalue weighted by molar-refractivity contribution is 0.0773. The highest BCUT2D eigenvalue weighted by Crippen LogP contribution is 2.39. The molecule has 0 bridgehead atoms. The Hall–Kier alpha value is -0.940. The summed E-state index contributed by atoms with van der Waals surface area (Å²) in [6, 6.07) is 0.133. The number of hydrogen-bond acceptors (Lipinski definition) is 5. The predicted molar refractivity (Wildman–Crippen MR) is 66.3 cm³/mol. The van der Waals surface area contributed by atoms with Crippen LogP contribution in [0, 0.1) is 0 Å². The zero-order valence-corrected chi connectivity index (χ0v) is 10.9. The van der Waals surface area contributed by atoms with E-state index in [0.717, 1.165) is 44.5 Å². The third kappa shape index (κ3) is 1.95. The molecule has 3 rings (SSSR count). The Morgan fingerprint density at radius 3 is 2.89 bits per heavy atom. The summed E-state index contributed by atoms with van der Waals surface area (Å²) in [6.45, 7) is 3.70. The van der Waals surface area contributed by atoms with Gasteiger partial charge in [0.2, 0.25) is 5.89 Å². The Morgan fingerprint density at radius 2 is 2.22 bits per heavy atom. The molecular weight excluding hydrogens is 230 g/mol. The molecule has 3 atom stereocenters. The van der Waals surface area contributed by atoms with E-state index in [4.69, 9.17) is 15.0 Å². The standard InChI is InChI=1S/C13H21N3O2/c1-13(6-2-5-10(13)14)12-15-11(16-18-12)9-4-3-7-17-8-9/h9-10H,2-8,14H2,1H3. The minimum absolute atomic E-state index is 0.133. The average molecular weight is 251 g/mol. The molecule has 2 aliphatic rings. The van der Waals surface area contributed by atoms with Crippen LogP contribution in [0.5, 0.6) is 0 Å². The molecule has 2 fully saturated rings. The van der Waals surface area contributed by atoms with Crippen LogP contribution in [0.25, 0.3) is 0 Å². The van der Waals surface area contributed by atoms with Crippen molar-refractivity contribution < 1.29 is 9.26 Å². The Balaban J connectivity index is 1.80. The molecule has 1 saturated heterocycles. The van der Waals surface area contributed by atoms with Crippen molar-refractivity contribution in [2.75, 3.05) is 13.2 Å². The van der Waals surface area contributed by atoms with Crippen LogP contribution in [-0.2, 0) is 10.2 Å². The fraction of sp³-hybridized carbons (Fsp3) is 0.846. The van der Waals surface area contributed by atoms with Crippen LogP contribution >= 0.6 is 0 Å². The molecule has 1 aliphatic heterocycles. The van der Waals surface area contributed by atoms with Crippen LogP contribution < -0.4 is 5.73 Å². The first-order valence-electron chi connectivity index (χ1n) is 6.87. The average Bonchev–Trinajstić information content (AvgIpc) is 3.00. The van der Waals surface area contributed by atoms with Crippen molar-refractivity contribution in [3.05, 3.63) is 11.7 Å². The second-order valence-electron chi connectivity index (χ2n) is 5.79. The van der Waals surface area contributed by atoms with Gasteiger partial charge in [0.25, 0.3) is 0 Å². The van der Waals surface area contributed by atoms with Crippen LogP contribution in [0.2, 0.25) is 0 Å². The topological polar surface area (TPSA) is 74.2 Å². The van der Waals surface area contributed by atoms with Crippen molar-refractivity contribution in [3.8, 4) is 0 Å². The molecule has 2 heterocycles. The van der Waals surface area contributed by atoms with Crippen molar-refractivity contribution in [3.63, 3.8) is 0 Å².